The van der Waals surface area contributed by atoms with E-state index < -0.39 is 22.7 Å². The molecule has 1 fully saturated rings. The molecule has 0 radical (unpaired) electrons. The lowest BCUT2D eigenvalue weighted by Crippen LogP contribution is -2.50. The normalized spacial score (nSPS) is 20.2. The number of fused-ring (bicyclic) bond motifs is 1. The molecular weight excluding hydrogens is 588 g/mol. The maximum Gasteiger partial charge on any atom is 0.410 e. The standard InChI is InChI=1S/C31H38N4O6S2/c1-31(2,3)41-30(37)33-11-9-32(10-12-33)24-6-4-5-21(15-24)28(36)29(42)34-17-22-19-35(20-23(22)18-34)43(38)25-7-8-26-27(16-25)40-14-13-39-26/h4-8,15-16,28,36H,9-14,17-20H2,1-3H3. The molecule has 1 saturated heterocycles. The third-order valence-electron chi connectivity index (χ3n) is 7.98. The number of anilines is 1. The van der Waals surface area contributed by atoms with Crippen LogP contribution in [0.4, 0.5) is 10.5 Å². The minimum absolute atomic E-state index is 0.287. The van der Waals surface area contributed by atoms with E-state index in [0.29, 0.717) is 87.0 Å². The molecule has 4 heterocycles. The number of aliphatic hydroxyl groups is 1. The molecule has 2 unspecified atom stereocenters. The van der Waals surface area contributed by atoms with Crippen molar-refractivity contribution in [1.29, 1.82) is 0 Å². The van der Waals surface area contributed by atoms with Gasteiger partial charge in [-0.05, 0) is 61.7 Å². The van der Waals surface area contributed by atoms with E-state index in [1.165, 1.54) is 11.1 Å². The van der Waals surface area contributed by atoms with Crippen LogP contribution < -0.4 is 14.4 Å². The summed E-state index contributed by atoms with van der Waals surface area (Å²) in [5.41, 5.74) is 3.62. The summed E-state index contributed by atoms with van der Waals surface area (Å²) >= 11 is 5.78. The fraction of sp³-hybridized carbons (Fsp3) is 0.484. The average Bonchev–Trinajstić information content (AvgIpc) is 3.59. The van der Waals surface area contributed by atoms with Gasteiger partial charge in [-0.25, -0.2) is 13.3 Å². The number of thiocarbonyl (C=S) groups is 1. The molecule has 0 aromatic heterocycles. The first-order valence-electron chi connectivity index (χ1n) is 14.6. The molecule has 0 aliphatic carbocycles. The minimum atomic E-state index is -1.32. The molecule has 0 bridgehead atoms. The zero-order valence-electron chi connectivity index (χ0n) is 24.8. The molecule has 4 aliphatic rings. The highest BCUT2D eigenvalue weighted by Crippen LogP contribution is 2.35. The maximum atomic E-state index is 13.3. The van der Waals surface area contributed by atoms with Crippen LogP contribution in [0.2, 0.25) is 0 Å². The van der Waals surface area contributed by atoms with E-state index in [9.17, 15) is 14.1 Å². The van der Waals surface area contributed by atoms with Crippen molar-refractivity contribution in [2.75, 3.05) is 70.5 Å². The summed E-state index contributed by atoms with van der Waals surface area (Å²) in [6.45, 7) is 11.5. The Morgan fingerprint density at radius 2 is 1.60 bits per heavy atom. The number of aliphatic hydroxyl groups excluding tert-OH is 1. The van der Waals surface area contributed by atoms with Crippen LogP contribution in [0, 0.1) is 0 Å². The first kappa shape index (κ1) is 29.9. The highest BCUT2D eigenvalue weighted by Gasteiger charge is 2.35. The van der Waals surface area contributed by atoms with Crippen LogP contribution in [0.5, 0.6) is 11.5 Å². The molecule has 0 saturated carbocycles. The number of carbonyl (C=O) groups excluding carboxylic acids is 1. The third kappa shape index (κ3) is 6.52. The Labute approximate surface area is 260 Å². The van der Waals surface area contributed by atoms with Crippen LogP contribution in [0.3, 0.4) is 0 Å². The Bertz CT molecular complexity index is 1450. The lowest BCUT2D eigenvalue weighted by Gasteiger charge is -2.37. The van der Waals surface area contributed by atoms with Crippen LogP contribution >= 0.6 is 12.2 Å². The number of carbonyl (C=O) groups is 1. The van der Waals surface area contributed by atoms with Gasteiger partial charge in [0.1, 0.15) is 40.9 Å². The molecule has 43 heavy (non-hydrogen) atoms. The Morgan fingerprint density at radius 1 is 0.930 bits per heavy atom. The van der Waals surface area contributed by atoms with Gasteiger partial charge in [0.2, 0.25) is 0 Å². The molecule has 2 atom stereocenters. The van der Waals surface area contributed by atoms with E-state index in [0.717, 1.165) is 11.3 Å². The number of piperazine rings is 1. The summed E-state index contributed by atoms with van der Waals surface area (Å²) in [6, 6.07) is 13.3. The van der Waals surface area contributed by atoms with Gasteiger partial charge in [-0.2, -0.15) is 0 Å². The number of hydrogen-bond acceptors (Lipinski definition) is 8. The first-order valence-corrected chi connectivity index (χ1v) is 16.1. The van der Waals surface area contributed by atoms with Crippen molar-refractivity contribution in [3.8, 4) is 11.5 Å². The zero-order chi connectivity index (χ0) is 30.3. The fourth-order valence-electron chi connectivity index (χ4n) is 5.78. The molecule has 6 rings (SSSR count). The minimum Gasteiger partial charge on any atom is -0.486 e. The van der Waals surface area contributed by atoms with E-state index in [-0.39, 0.29) is 6.09 Å². The summed E-state index contributed by atoms with van der Waals surface area (Å²) in [4.78, 5) is 19.6. The number of rotatable bonds is 5. The fourth-order valence-corrected chi connectivity index (χ4v) is 7.28. The second kappa shape index (κ2) is 12.1. The van der Waals surface area contributed by atoms with Crippen LogP contribution in [0.1, 0.15) is 32.4 Å². The van der Waals surface area contributed by atoms with Gasteiger partial charge in [-0.15, -0.1) is 0 Å². The van der Waals surface area contributed by atoms with Gasteiger partial charge in [0.15, 0.2) is 11.5 Å². The number of benzene rings is 2. The van der Waals surface area contributed by atoms with E-state index in [1.54, 1.807) is 11.0 Å². The van der Waals surface area contributed by atoms with Crippen LogP contribution in [-0.2, 0) is 15.7 Å². The Balaban J connectivity index is 1.02. The van der Waals surface area contributed by atoms with E-state index in [2.05, 4.69) is 4.90 Å². The highest BCUT2D eigenvalue weighted by atomic mass is 32.2. The number of ether oxygens (including phenoxy) is 3. The third-order valence-corrected chi connectivity index (χ3v) is 9.84. The Kier molecular flexibility index (Phi) is 8.38. The predicted molar refractivity (Wildman–Crippen MR) is 168 cm³/mol. The topological polar surface area (TPSA) is 95.0 Å². The molecule has 10 nitrogen and oxygen atoms in total. The maximum absolute atomic E-state index is 13.3. The molecule has 1 N–H and O–H groups in total. The second-order valence-electron chi connectivity index (χ2n) is 12.2. The van der Waals surface area contributed by atoms with Crippen molar-refractivity contribution < 1.29 is 28.3 Å². The summed E-state index contributed by atoms with van der Waals surface area (Å²) in [5, 5.41) is 11.3. The summed E-state index contributed by atoms with van der Waals surface area (Å²) in [7, 11) is -1.32. The highest BCUT2D eigenvalue weighted by molar-refractivity contribution is 7.82. The van der Waals surface area contributed by atoms with Gasteiger partial charge in [0.25, 0.3) is 0 Å². The van der Waals surface area contributed by atoms with Gasteiger partial charge < -0.3 is 34.0 Å². The van der Waals surface area contributed by atoms with E-state index >= 15 is 0 Å². The molecule has 230 valence electrons. The molecular formula is C31H38N4O6S2. The smallest absolute Gasteiger partial charge is 0.410 e. The summed E-state index contributed by atoms with van der Waals surface area (Å²) < 4.78 is 32.1. The molecule has 2 aromatic carbocycles. The quantitative estimate of drug-likeness (QED) is 0.395. The van der Waals surface area contributed by atoms with Crippen LogP contribution in [0.25, 0.3) is 0 Å². The average molecular weight is 627 g/mol. The van der Waals surface area contributed by atoms with Gasteiger partial charge in [0, 0.05) is 64.1 Å². The first-order chi connectivity index (χ1) is 20.6. The molecule has 0 spiro atoms. The Morgan fingerprint density at radius 3 is 2.28 bits per heavy atom. The lowest BCUT2D eigenvalue weighted by atomic mass is 10.1. The van der Waals surface area contributed by atoms with Crippen molar-refractivity contribution in [2.45, 2.75) is 37.4 Å². The van der Waals surface area contributed by atoms with Crippen molar-refractivity contribution in [3.63, 3.8) is 0 Å². The molecule has 1 amide bonds. The molecule has 2 aromatic rings. The van der Waals surface area contributed by atoms with Crippen molar-refractivity contribution in [3.05, 3.63) is 59.2 Å². The summed E-state index contributed by atoms with van der Waals surface area (Å²) in [5.74, 6) is 1.32. The lowest BCUT2D eigenvalue weighted by molar-refractivity contribution is 0.0240. The SMILES string of the molecule is CC(C)(C)OC(=O)N1CCN(c2cccc(C(O)C(=S)N3CC4=C(C3)CN(S(=O)c3ccc5c(c3)OCCO5)C4)c2)CC1. The van der Waals surface area contributed by atoms with Gasteiger partial charge in [-0.3, -0.25) is 0 Å². The van der Waals surface area contributed by atoms with E-state index in [4.69, 9.17) is 26.4 Å². The van der Waals surface area contributed by atoms with Gasteiger partial charge >= 0.3 is 6.09 Å². The second-order valence-corrected chi connectivity index (χ2v) is 14.1. The molecule has 12 heteroatoms. The van der Waals surface area contributed by atoms with E-state index in [1.807, 2.05) is 66.4 Å². The van der Waals surface area contributed by atoms with Gasteiger partial charge in [-0.1, -0.05) is 24.4 Å². The number of nitrogens with zero attached hydrogens (tertiary/aromatic N) is 4. The van der Waals surface area contributed by atoms with Crippen LogP contribution in [-0.4, -0.2) is 106 Å². The van der Waals surface area contributed by atoms with Gasteiger partial charge in [0.05, 0.1) is 4.90 Å². The summed E-state index contributed by atoms with van der Waals surface area (Å²) in [6.07, 6.45) is -1.20. The van der Waals surface area contributed by atoms with Crippen LogP contribution in [0.15, 0.2) is 58.5 Å². The largest absolute Gasteiger partial charge is 0.486 e. The number of hydrogen-bond donors (Lipinski definition) is 1. The van der Waals surface area contributed by atoms with Crippen molar-refractivity contribution in [2.24, 2.45) is 0 Å². The zero-order valence-corrected chi connectivity index (χ0v) is 26.4. The Hall–Kier alpha value is -3.19. The van der Waals surface area contributed by atoms with Crippen molar-refractivity contribution in [1.82, 2.24) is 14.1 Å². The number of amides is 1. The van der Waals surface area contributed by atoms with Crippen molar-refractivity contribution >= 4 is 40.0 Å². The predicted octanol–water partition coefficient (Wildman–Crippen LogP) is 3.53. The molecule has 4 aliphatic heterocycles. The monoisotopic (exact) mass is 626 g/mol.